The number of aromatic hydroxyl groups is 2. The maximum Gasteiger partial charge on any atom is 0.174 e. The third kappa shape index (κ3) is 4.99. The van der Waals surface area contributed by atoms with Crippen LogP contribution >= 0.6 is 0 Å². The first-order chi connectivity index (χ1) is 13.9. The molecule has 1 heterocycles. The monoisotopic (exact) mass is 401 g/mol. The summed E-state index contributed by atoms with van der Waals surface area (Å²) in [5.74, 6) is 0.263. The van der Waals surface area contributed by atoms with Gasteiger partial charge in [0.25, 0.3) is 0 Å². The van der Waals surface area contributed by atoms with E-state index in [0.29, 0.717) is 12.3 Å². The smallest absolute Gasteiger partial charge is 0.174 e. The van der Waals surface area contributed by atoms with Crippen LogP contribution in [0.1, 0.15) is 42.3 Å². The Morgan fingerprint density at radius 3 is 2.52 bits per heavy atom. The molecule has 2 aromatic carbocycles. The Balaban J connectivity index is 1.73. The molecule has 3 N–H and O–H groups in total. The zero-order valence-corrected chi connectivity index (χ0v) is 16.7. The molecule has 7 heteroatoms. The fourth-order valence-corrected chi connectivity index (χ4v) is 3.40. The minimum Gasteiger partial charge on any atom is -0.508 e. The van der Waals surface area contributed by atoms with Crippen LogP contribution in [-0.4, -0.2) is 58.3 Å². The quantitative estimate of drug-likeness (QED) is 0.625. The van der Waals surface area contributed by atoms with Crippen molar-refractivity contribution in [1.82, 2.24) is 4.90 Å². The van der Waals surface area contributed by atoms with E-state index in [-0.39, 0.29) is 41.6 Å². The summed E-state index contributed by atoms with van der Waals surface area (Å²) in [5.41, 5.74) is 0.887. The number of hydrogen-bond donors (Lipinski definition) is 3. The predicted molar refractivity (Wildman–Crippen MR) is 108 cm³/mol. The van der Waals surface area contributed by atoms with E-state index in [2.05, 4.69) is 4.90 Å². The minimum atomic E-state index is -0.680. The summed E-state index contributed by atoms with van der Waals surface area (Å²) in [6.45, 7) is 6.27. The number of benzene rings is 2. The van der Waals surface area contributed by atoms with Crippen molar-refractivity contribution in [3.8, 4) is 23.0 Å². The molecule has 0 saturated carbocycles. The summed E-state index contributed by atoms with van der Waals surface area (Å²) in [7, 11) is 0. The SMILES string of the molecule is CCN(CC)CC(O)COc1cc(O)c2c(c1)OC(c1ccc(O)cc1)CC2=O. The molecule has 3 rings (SSSR count). The lowest BCUT2D eigenvalue weighted by atomic mass is 9.95. The highest BCUT2D eigenvalue weighted by Gasteiger charge is 2.31. The van der Waals surface area contributed by atoms with E-state index in [1.807, 2.05) is 13.8 Å². The molecule has 0 aliphatic carbocycles. The van der Waals surface area contributed by atoms with E-state index < -0.39 is 12.2 Å². The van der Waals surface area contributed by atoms with Gasteiger partial charge >= 0.3 is 0 Å². The molecule has 0 radical (unpaired) electrons. The molecule has 0 fully saturated rings. The van der Waals surface area contributed by atoms with Gasteiger partial charge in [-0.25, -0.2) is 0 Å². The van der Waals surface area contributed by atoms with Crippen molar-refractivity contribution in [2.75, 3.05) is 26.2 Å². The van der Waals surface area contributed by atoms with Gasteiger partial charge in [0.05, 0.1) is 6.42 Å². The molecular formula is C22H27NO6. The Morgan fingerprint density at radius 1 is 1.17 bits per heavy atom. The van der Waals surface area contributed by atoms with Gasteiger partial charge in [-0.05, 0) is 30.8 Å². The normalized spacial score (nSPS) is 17.0. The van der Waals surface area contributed by atoms with Crippen LogP contribution in [0.4, 0.5) is 0 Å². The van der Waals surface area contributed by atoms with Gasteiger partial charge in [-0.3, -0.25) is 4.79 Å². The van der Waals surface area contributed by atoms with E-state index in [9.17, 15) is 20.1 Å². The van der Waals surface area contributed by atoms with Gasteiger partial charge in [0, 0.05) is 18.7 Å². The highest BCUT2D eigenvalue weighted by Crippen LogP contribution is 2.42. The Labute approximate surface area is 170 Å². The number of nitrogens with zero attached hydrogens (tertiary/aromatic N) is 1. The zero-order valence-electron chi connectivity index (χ0n) is 16.7. The molecule has 156 valence electrons. The number of hydrogen-bond acceptors (Lipinski definition) is 7. The highest BCUT2D eigenvalue weighted by molar-refractivity contribution is 6.02. The number of rotatable bonds is 8. The van der Waals surface area contributed by atoms with Gasteiger partial charge in [-0.2, -0.15) is 0 Å². The zero-order chi connectivity index (χ0) is 21.0. The van der Waals surface area contributed by atoms with E-state index in [1.165, 1.54) is 18.2 Å². The van der Waals surface area contributed by atoms with Crippen LogP contribution in [0, 0.1) is 0 Å². The van der Waals surface area contributed by atoms with Crippen LogP contribution in [0.15, 0.2) is 36.4 Å². The average Bonchev–Trinajstić information content (AvgIpc) is 2.70. The number of aliphatic hydroxyl groups is 1. The van der Waals surface area contributed by atoms with Gasteiger partial charge in [-0.15, -0.1) is 0 Å². The number of phenolic OH excluding ortho intramolecular Hbond substituents is 2. The molecule has 1 aliphatic heterocycles. The summed E-state index contributed by atoms with van der Waals surface area (Å²) in [6.07, 6.45) is -1.10. The third-order valence-corrected chi connectivity index (χ3v) is 5.04. The summed E-state index contributed by atoms with van der Waals surface area (Å²) in [5, 5.41) is 29.9. The minimum absolute atomic E-state index is 0.0596. The number of Topliss-reactive ketones (excluding diaryl/α,β-unsaturated/α-hetero) is 1. The van der Waals surface area contributed by atoms with Crippen molar-refractivity contribution in [1.29, 1.82) is 0 Å². The van der Waals surface area contributed by atoms with Crippen LogP contribution in [0.5, 0.6) is 23.0 Å². The van der Waals surface area contributed by atoms with E-state index >= 15 is 0 Å². The van der Waals surface area contributed by atoms with Gasteiger partial charge < -0.3 is 29.7 Å². The molecule has 29 heavy (non-hydrogen) atoms. The molecule has 0 amide bonds. The number of likely N-dealkylation sites (N-methyl/N-ethyl adjacent to an activating group) is 1. The fraction of sp³-hybridized carbons (Fsp3) is 0.409. The van der Waals surface area contributed by atoms with Crippen molar-refractivity contribution in [3.05, 3.63) is 47.5 Å². The molecular weight excluding hydrogens is 374 g/mol. The number of carbonyl (C=O) groups is 1. The second-order valence-electron chi connectivity index (χ2n) is 7.09. The summed E-state index contributed by atoms with van der Waals surface area (Å²) >= 11 is 0. The van der Waals surface area contributed by atoms with Crippen LogP contribution in [0.25, 0.3) is 0 Å². The van der Waals surface area contributed by atoms with Crippen molar-refractivity contribution in [2.45, 2.75) is 32.5 Å². The van der Waals surface area contributed by atoms with Gasteiger partial charge in [0.1, 0.15) is 47.4 Å². The summed E-state index contributed by atoms with van der Waals surface area (Å²) in [6, 6.07) is 9.39. The Hall–Kier alpha value is -2.77. The lowest BCUT2D eigenvalue weighted by Crippen LogP contribution is -2.35. The van der Waals surface area contributed by atoms with E-state index in [4.69, 9.17) is 9.47 Å². The lowest BCUT2D eigenvalue weighted by Gasteiger charge is -2.27. The number of fused-ring (bicyclic) bond motifs is 1. The van der Waals surface area contributed by atoms with Crippen molar-refractivity contribution < 1.29 is 29.6 Å². The molecule has 0 saturated heterocycles. The molecule has 0 aromatic heterocycles. The largest absolute Gasteiger partial charge is 0.508 e. The van der Waals surface area contributed by atoms with E-state index in [0.717, 1.165) is 18.7 Å². The number of ketones is 1. The van der Waals surface area contributed by atoms with Gasteiger partial charge in [-0.1, -0.05) is 26.0 Å². The molecule has 0 spiro atoms. The number of aliphatic hydroxyl groups excluding tert-OH is 1. The average molecular weight is 401 g/mol. The number of carbonyl (C=O) groups excluding carboxylic acids is 1. The summed E-state index contributed by atoms with van der Waals surface area (Å²) < 4.78 is 11.6. The second kappa shape index (κ2) is 9.15. The Morgan fingerprint density at radius 2 is 1.86 bits per heavy atom. The standard InChI is InChI=1S/C22H27NO6/c1-3-23(4-2)12-16(25)13-28-17-9-18(26)22-19(27)11-20(29-21(22)10-17)14-5-7-15(24)8-6-14/h5-10,16,20,24-26H,3-4,11-13H2,1-2H3. The molecule has 1 aliphatic rings. The number of ether oxygens (including phenoxy) is 2. The predicted octanol–water partition coefficient (Wildman–Crippen LogP) is 2.89. The maximum atomic E-state index is 12.5. The molecule has 2 aromatic rings. The van der Waals surface area contributed by atoms with Crippen molar-refractivity contribution >= 4 is 5.78 Å². The highest BCUT2D eigenvalue weighted by atomic mass is 16.5. The van der Waals surface area contributed by atoms with Crippen molar-refractivity contribution in [2.24, 2.45) is 0 Å². The molecule has 7 nitrogen and oxygen atoms in total. The van der Waals surface area contributed by atoms with Crippen LogP contribution in [0.2, 0.25) is 0 Å². The lowest BCUT2D eigenvalue weighted by molar-refractivity contribution is 0.0708. The fourth-order valence-electron chi connectivity index (χ4n) is 3.40. The van der Waals surface area contributed by atoms with Gasteiger partial charge in [0.15, 0.2) is 5.78 Å². The third-order valence-electron chi connectivity index (χ3n) is 5.04. The topological polar surface area (TPSA) is 99.5 Å². The van der Waals surface area contributed by atoms with E-state index in [1.54, 1.807) is 18.2 Å². The second-order valence-corrected chi connectivity index (χ2v) is 7.09. The Kier molecular flexibility index (Phi) is 6.61. The molecule has 2 unspecified atom stereocenters. The number of phenols is 2. The first-order valence-corrected chi connectivity index (χ1v) is 9.80. The first-order valence-electron chi connectivity index (χ1n) is 9.80. The van der Waals surface area contributed by atoms with Crippen LogP contribution in [0.3, 0.4) is 0 Å². The maximum absolute atomic E-state index is 12.5. The van der Waals surface area contributed by atoms with Gasteiger partial charge in [0.2, 0.25) is 0 Å². The molecule has 0 bridgehead atoms. The van der Waals surface area contributed by atoms with Crippen LogP contribution in [-0.2, 0) is 0 Å². The first kappa shape index (κ1) is 21.0. The Bertz CT molecular complexity index is 847. The van der Waals surface area contributed by atoms with Crippen LogP contribution < -0.4 is 9.47 Å². The molecule has 2 atom stereocenters. The summed E-state index contributed by atoms with van der Waals surface area (Å²) in [4.78, 5) is 14.6. The van der Waals surface area contributed by atoms with Crippen molar-refractivity contribution in [3.63, 3.8) is 0 Å².